The first kappa shape index (κ1) is 15.0. The van der Waals surface area contributed by atoms with Crippen molar-refractivity contribution in [1.82, 2.24) is 0 Å². The van der Waals surface area contributed by atoms with Crippen LogP contribution in [0, 0.1) is 0 Å². The summed E-state index contributed by atoms with van der Waals surface area (Å²) >= 11 is 0. The minimum Gasteiger partial charge on any atom is -0.450 e. The lowest BCUT2D eigenvalue weighted by atomic mass is 9.95. The Balaban J connectivity index is 1.76. The van der Waals surface area contributed by atoms with E-state index in [0.717, 1.165) is 29.5 Å². The third kappa shape index (κ3) is 2.82. The van der Waals surface area contributed by atoms with Crippen LogP contribution in [0.25, 0.3) is 11.0 Å². The summed E-state index contributed by atoms with van der Waals surface area (Å²) in [5.74, 6) is 0.359. The Morgan fingerprint density at radius 2 is 1.62 bits per heavy atom. The van der Waals surface area contributed by atoms with Crippen LogP contribution in [0.4, 0.5) is 5.69 Å². The largest absolute Gasteiger partial charge is 0.450 e. The molecule has 1 fully saturated rings. The molecule has 24 heavy (non-hydrogen) atoms. The monoisotopic (exact) mass is 319 g/mol. The minimum absolute atomic E-state index is 0.0647. The summed E-state index contributed by atoms with van der Waals surface area (Å²) in [5.41, 5.74) is 2.27. The number of rotatable bonds is 4. The zero-order valence-electron chi connectivity index (χ0n) is 13.6. The normalized spacial score (nSPS) is 15.5. The van der Waals surface area contributed by atoms with Gasteiger partial charge in [0.15, 0.2) is 5.76 Å². The SMILES string of the molecule is O=C(c1ccccc1)c1oc2ccccc2c1NC1CCCCC1. The average molecular weight is 319 g/mol. The molecule has 3 nitrogen and oxygen atoms in total. The molecular weight excluding hydrogens is 298 g/mol. The summed E-state index contributed by atoms with van der Waals surface area (Å²) in [6, 6.07) is 17.6. The van der Waals surface area contributed by atoms with Crippen LogP contribution in [0.5, 0.6) is 0 Å². The van der Waals surface area contributed by atoms with Gasteiger partial charge in [0.1, 0.15) is 5.58 Å². The number of benzene rings is 2. The molecule has 4 rings (SSSR count). The molecule has 3 heteroatoms. The fourth-order valence-corrected chi connectivity index (χ4v) is 3.52. The highest BCUT2D eigenvalue weighted by Crippen LogP contribution is 2.34. The van der Waals surface area contributed by atoms with E-state index in [1.54, 1.807) is 0 Å². The van der Waals surface area contributed by atoms with Crippen LogP contribution < -0.4 is 5.32 Å². The Bertz CT molecular complexity index is 845. The van der Waals surface area contributed by atoms with Gasteiger partial charge in [0.2, 0.25) is 5.78 Å². The van der Waals surface area contributed by atoms with E-state index in [1.807, 2.05) is 54.6 Å². The van der Waals surface area contributed by atoms with Crippen molar-refractivity contribution < 1.29 is 9.21 Å². The van der Waals surface area contributed by atoms with Crippen molar-refractivity contribution in [2.75, 3.05) is 5.32 Å². The van der Waals surface area contributed by atoms with Crippen LogP contribution in [0.2, 0.25) is 0 Å². The van der Waals surface area contributed by atoms with Crippen molar-refractivity contribution in [3.63, 3.8) is 0 Å². The lowest BCUT2D eigenvalue weighted by Crippen LogP contribution is -2.23. The van der Waals surface area contributed by atoms with Crippen molar-refractivity contribution in [1.29, 1.82) is 0 Å². The highest BCUT2D eigenvalue weighted by atomic mass is 16.3. The van der Waals surface area contributed by atoms with Crippen molar-refractivity contribution >= 4 is 22.4 Å². The van der Waals surface area contributed by atoms with Crippen molar-refractivity contribution in [3.8, 4) is 0 Å². The highest BCUT2D eigenvalue weighted by molar-refractivity contribution is 6.14. The van der Waals surface area contributed by atoms with Gasteiger partial charge in [-0.2, -0.15) is 0 Å². The first-order chi connectivity index (χ1) is 11.8. The maximum absolute atomic E-state index is 12.9. The lowest BCUT2D eigenvalue weighted by molar-refractivity contribution is 0.101. The first-order valence-corrected chi connectivity index (χ1v) is 8.71. The van der Waals surface area contributed by atoms with Gasteiger partial charge in [0, 0.05) is 17.0 Å². The van der Waals surface area contributed by atoms with Crippen molar-refractivity contribution in [3.05, 3.63) is 65.9 Å². The van der Waals surface area contributed by atoms with E-state index in [9.17, 15) is 4.79 Å². The summed E-state index contributed by atoms with van der Waals surface area (Å²) in [6.07, 6.45) is 6.10. The molecule has 1 aliphatic rings. The van der Waals surface area contributed by atoms with E-state index in [1.165, 1.54) is 19.3 Å². The number of carbonyl (C=O) groups excluding carboxylic acids is 1. The van der Waals surface area contributed by atoms with Crippen molar-refractivity contribution in [2.24, 2.45) is 0 Å². The van der Waals surface area contributed by atoms with E-state index in [0.29, 0.717) is 17.4 Å². The number of fused-ring (bicyclic) bond motifs is 1. The zero-order valence-corrected chi connectivity index (χ0v) is 13.6. The molecule has 0 unspecified atom stereocenters. The van der Waals surface area contributed by atoms with Gasteiger partial charge in [0.05, 0.1) is 5.69 Å². The van der Waals surface area contributed by atoms with Crippen LogP contribution in [-0.4, -0.2) is 11.8 Å². The Morgan fingerprint density at radius 1 is 0.917 bits per heavy atom. The Hall–Kier alpha value is -2.55. The predicted octanol–water partition coefficient (Wildman–Crippen LogP) is 5.41. The molecule has 1 aromatic heterocycles. The smallest absolute Gasteiger partial charge is 0.230 e. The number of ketones is 1. The maximum atomic E-state index is 12.9. The molecule has 1 aliphatic carbocycles. The van der Waals surface area contributed by atoms with Crippen molar-refractivity contribution in [2.45, 2.75) is 38.1 Å². The van der Waals surface area contributed by atoms with Gasteiger partial charge in [0.25, 0.3) is 0 Å². The Morgan fingerprint density at radius 3 is 2.42 bits per heavy atom. The molecule has 0 amide bonds. The van der Waals surface area contributed by atoms with Crippen LogP contribution >= 0.6 is 0 Å². The van der Waals surface area contributed by atoms with Crippen LogP contribution in [0.15, 0.2) is 59.0 Å². The van der Waals surface area contributed by atoms with E-state index >= 15 is 0 Å². The Labute approximate surface area is 141 Å². The third-order valence-corrected chi connectivity index (χ3v) is 4.79. The summed E-state index contributed by atoms with van der Waals surface area (Å²) in [6.45, 7) is 0. The summed E-state index contributed by atoms with van der Waals surface area (Å²) in [7, 11) is 0. The summed E-state index contributed by atoms with van der Waals surface area (Å²) < 4.78 is 5.94. The number of para-hydroxylation sites is 1. The molecular formula is C21H21NO2. The van der Waals surface area contributed by atoms with Gasteiger partial charge in [-0.15, -0.1) is 0 Å². The molecule has 0 aliphatic heterocycles. The van der Waals surface area contributed by atoms with E-state index in [4.69, 9.17) is 4.42 Å². The second-order valence-electron chi connectivity index (χ2n) is 6.48. The highest BCUT2D eigenvalue weighted by Gasteiger charge is 2.24. The molecule has 1 heterocycles. The van der Waals surface area contributed by atoms with Gasteiger partial charge in [-0.1, -0.05) is 61.7 Å². The van der Waals surface area contributed by atoms with Crippen LogP contribution in [-0.2, 0) is 0 Å². The summed E-state index contributed by atoms with van der Waals surface area (Å²) in [4.78, 5) is 12.9. The molecule has 0 spiro atoms. The zero-order chi connectivity index (χ0) is 16.4. The molecule has 122 valence electrons. The molecule has 0 atom stereocenters. The van der Waals surface area contributed by atoms with Gasteiger partial charge in [-0.3, -0.25) is 4.79 Å². The van der Waals surface area contributed by atoms with E-state index in [2.05, 4.69) is 5.32 Å². The topological polar surface area (TPSA) is 42.2 Å². The second-order valence-corrected chi connectivity index (χ2v) is 6.48. The van der Waals surface area contributed by atoms with Gasteiger partial charge >= 0.3 is 0 Å². The maximum Gasteiger partial charge on any atom is 0.230 e. The second kappa shape index (κ2) is 6.52. The number of hydrogen-bond acceptors (Lipinski definition) is 3. The molecule has 0 bridgehead atoms. The molecule has 0 saturated heterocycles. The van der Waals surface area contributed by atoms with Crippen LogP contribution in [0.3, 0.4) is 0 Å². The third-order valence-electron chi connectivity index (χ3n) is 4.79. The van der Waals surface area contributed by atoms with Gasteiger partial charge in [-0.25, -0.2) is 0 Å². The number of nitrogens with one attached hydrogen (secondary N) is 1. The van der Waals surface area contributed by atoms with E-state index < -0.39 is 0 Å². The number of hydrogen-bond donors (Lipinski definition) is 1. The fourth-order valence-electron chi connectivity index (χ4n) is 3.52. The summed E-state index contributed by atoms with van der Waals surface area (Å²) in [5, 5.41) is 4.60. The number of anilines is 1. The molecule has 2 aromatic carbocycles. The standard InChI is InChI=1S/C21H21NO2/c23-20(15-9-3-1-4-10-15)21-19(22-16-11-5-2-6-12-16)17-13-7-8-14-18(17)24-21/h1,3-4,7-10,13-14,16,22H,2,5-6,11-12H2. The average Bonchev–Trinajstić information content (AvgIpc) is 3.01. The van der Waals surface area contributed by atoms with Gasteiger partial charge in [-0.05, 0) is 25.0 Å². The molecule has 1 saturated carbocycles. The number of furan rings is 1. The molecule has 1 N–H and O–H groups in total. The predicted molar refractivity (Wildman–Crippen MR) is 96.6 cm³/mol. The lowest BCUT2D eigenvalue weighted by Gasteiger charge is -2.23. The minimum atomic E-state index is -0.0647. The number of carbonyl (C=O) groups is 1. The van der Waals surface area contributed by atoms with Crippen LogP contribution in [0.1, 0.15) is 48.2 Å². The first-order valence-electron chi connectivity index (χ1n) is 8.71. The fraction of sp³-hybridized carbons (Fsp3) is 0.286. The molecule has 0 radical (unpaired) electrons. The van der Waals surface area contributed by atoms with Gasteiger partial charge < -0.3 is 9.73 Å². The molecule has 3 aromatic rings. The van der Waals surface area contributed by atoms with E-state index in [-0.39, 0.29) is 5.78 Å². The quantitative estimate of drug-likeness (QED) is 0.654. The Kier molecular flexibility index (Phi) is 4.08.